The summed E-state index contributed by atoms with van der Waals surface area (Å²) in [5.74, 6) is -4.09. The molecule has 6 atom stereocenters. The fourth-order valence-corrected chi connectivity index (χ4v) is 16.7. The molecule has 3 aromatic heterocycles. The number of anilines is 2. The smallest absolute Gasteiger partial charge is 0.355 e. The van der Waals surface area contributed by atoms with Crippen LogP contribution in [0.3, 0.4) is 0 Å². The molecule has 4 aliphatic carbocycles. The zero-order chi connectivity index (χ0) is 55.0. The summed E-state index contributed by atoms with van der Waals surface area (Å²) in [5, 5.41) is 24.2. The topological polar surface area (TPSA) is 272 Å². The number of imide groups is 1. The number of carboxylic acid groups (broad SMARTS) is 1. The van der Waals surface area contributed by atoms with Crippen LogP contribution in [-0.4, -0.2) is 122 Å². The van der Waals surface area contributed by atoms with Gasteiger partial charge in [-0.3, -0.25) is 43.4 Å². The number of carbonyl (C=O) groups excluding carboxylic acids is 5. The van der Waals surface area contributed by atoms with Gasteiger partial charge in [-0.05, 0) is 128 Å². The second-order valence-electron chi connectivity index (χ2n) is 23.2. The van der Waals surface area contributed by atoms with Crippen LogP contribution in [-0.2, 0) is 53.5 Å². The van der Waals surface area contributed by atoms with Crippen molar-refractivity contribution in [2.75, 3.05) is 42.2 Å². The molecular weight excluding hydrogens is 1040 g/mol. The minimum absolute atomic E-state index is 0.0304. The Morgan fingerprint density at radius 2 is 1.67 bits per heavy atom. The molecule has 4 saturated carbocycles. The molecule has 410 valence electrons. The fraction of sp³-hybridized carbons (Fsp3) is 0.482. The third kappa shape index (κ3) is 9.67. The van der Waals surface area contributed by atoms with Gasteiger partial charge >= 0.3 is 5.97 Å². The van der Waals surface area contributed by atoms with E-state index in [1.807, 2.05) is 59.0 Å². The Labute approximate surface area is 455 Å². The van der Waals surface area contributed by atoms with E-state index in [0.717, 1.165) is 70.5 Å². The number of rotatable bonds is 21. The Kier molecular flexibility index (Phi) is 13.5. The Morgan fingerprint density at radius 1 is 0.885 bits per heavy atom. The maximum atomic E-state index is 13.7. The van der Waals surface area contributed by atoms with E-state index in [2.05, 4.69) is 34.8 Å². The molecule has 5 aromatic rings. The van der Waals surface area contributed by atoms with Gasteiger partial charge in [0.25, 0.3) is 27.8 Å². The first-order valence-corrected chi connectivity index (χ1v) is 29.0. The zero-order valence-corrected chi connectivity index (χ0v) is 45.4. The molecule has 1 spiro atoms. The summed E-state index contributed by atoms with van der Waals surface area (Å²) < 4.78 is 43.4. The predicted molar refractivity (Wildman–Crippen MR) is 289 cm³/mol. The number of thiazole rings is 1. The standard InChI is InChI=1S/C56H63N9O11S2/c1-34-38(36-15-16-43(61-47(36)50(71)72)63-22-19-35-10-9-11-37(39(35)25-63)48(69)62-51-60-40-12-6-7-13-42(40)77-51)24-58-65(34)33-54-28-52(2)27-53(3)29-55(30-54,32-56(52,53)31-54)76-23-20-57-49(70)41(26-78(73,74)75)59-44(66)14-5-4-8-21-64-45(67)17-18-46(64)68/h6-7,9-13,15-18,24,41H,4-5,8,14,19-23,25-33H2,1-3H3,(H,57,70)(H,59,66)(H,71,72)(H,60,62,69)(H,73,74,75)/t41-,52?,53?,54?,55?,56?/m0/s1. The Balaban J connectivity index is 0.739. The monoisotopic (exact) mass is 1100 g/mol. The second kappa shape index (κ2) is 19.8. The van der Waals surface area contributed by atoms with E-state index < -0.39 is 45.3 Å². The number of carbonyl (C=O) groups is 6. The first kappa shape index (κ1) is 53.1. The number of para-hydroxylation sites is 1. The molecule has 6 aliphatic rings. The number of nitrogens with zero attached hydrogens (tertiary/aromatic N) is 6. The molecule has 11 rings (SSSR count). The van der Waals surface area contributed by atoms with Crippen LogP contribution in [0.2, 0.25) is 0 Å². The molecule has 3 bridgehead atoms. The van der Waals surface area contributed by atoms with Crippen molar-refractivity contribution in [2.45, 2.75) is 116 Å². The predicted octanol–water partition coefficient (Wildman–Crippen LogP) is 6.49. The largest absolute Gasteiger partial charge is 0.476 e. The van der Waals surface area contributed by atoms with Gasteiger partial charge in [0, 0.05) is 73.7 Å². The van der Waals surface area contributed by atoms with Crippen LogP contribution < -0.4 is 20.9 Å². The number of nitrogens with one attached hydrogen (secondary N) is 3. The summed E-state index contributed by atoms with van der Waals surface area (Å²) in [6.07, 6.45) is 11.6. The van der Waals surface area contributed by atoms with E-state index in [1.165, 1.54) is 23.5 Å². The SMILES string of the molecule is Cc1c(-c2ccc(N3CCc4cccc(C(=O)Nc5nc6ccccc6s5)c4C3)nc2C(=O)O)cnn1CC12CC3(OCCNC(=O)[C@H](CS(=O)(=O)O)NC(=O)CCCCCN4C(=O)C=CC4=O)CC4(C)CC(C)(C1)C4(C2)C3. The summed E-state index contributed by atoms with van der Waals surface area (Å²) in [7, 11) is -4.66. The van der Waals surface area contributed by atoms with Gasteiger partial charge in [-0.1, -0.05) is 55.9 Å². The van der Waals surface area contributed by atoms with E-state index in [-0.39, 0.29) is 71.2 Å². The third-order valence-corrected chi connectivity index (χ3v) is 19.6. The number of unbranched alkanes of at least 4 members (excludes halogenated alkanes) is 2. The molecule has 5 heterocycles. The van der Waals surface area contributed by atoms with Gasteiger partial charge in [-0.2, -0.15) is 13.5 Å². The molecule has 5 amide bonds. The number of aromatic nitrogens is 4. The minimum atomic E-state index is -4.66. The third-order valence-electron chi connectivity index (χ3n) is 17.9. The molecule has 2 aromatic carbocycles. The lowest BCUT2D eigenvalue weighted by atomic mass is 9.40. The van der Waals surface area contributed by atoms with Crippen molar-refractivity contribution < 1.29 is 51.6 Å². The zero-order valence-electron chi connectivity index (χ0n) is 43.8. The lowest BCUT2D eigenvalue weighted by Crippen LogP contribution is -2.57. The maximum Gasteiger partial charge on any atom is 0.355 e. The summed E-state index contributed by atoms with van der Waals surface area (Å²) in [6, 6.07) is 15.5. The van der Waals surface area contributed by atoms with Crippen LogP contribution in [0.25, 0.3) is 21.3 Å². The summed E-state index contributed by atoms with van der Waals surface area (Å²) in [4.78, 5) is 89.1. The quantitative estimate of drug-likeness (QED) is 0.0299. The molecule has 20 nitrogen and oxygen atoms in total. The highest BCUT2D eigenvalue weighted by atomic mass is 32.2. The number of aromatic carboxylic acids is 1. The van der Waals surface area contributed by atoms with Gasteiger partial charge in [0.05, 0.1) is 28.6 Å². The fourth-order valence-electron chi connectivity index (χ4n) is 15.2. The van der Waals surface area contributed by atoms with Gasteiger partial charge in [0.2, 0.25) is 11.8 Å². The van der Waals surface area contributed by atoms with Crippen molar-refractivity contribution in [1.29, 1.82) is 0 Å². The van der Waals surface area contributed by atoms with Gasteiger partial charge in [-0.15, -0.1) is 0 Å². The van der Waals surface area contributed by atoms with Gasteiger partial charge < -0.3 is 25.4 Å². The van der Waals surface area contributed by atoms with Gasteiger partial charge in [-0.25, -0.2) is 14.8 Å². The number of carboxylic acids is 1. The highest BCUT2D eigenvalue weighted by Gasteiger charge is 2.84. The second-order valence-corrected chi connectivity index (χ2v) is 25.7. The number of fused-ring (bicyclic) bond motifs is 4. The maximum absolute atomic E-state index is 13.7. The van der Waals surface area contributed by atoms with Crippen LogP contribution in [0.4, 0.5) is 10.9 Å². The summed E-state index contributed by atoms with van der Waals surface area (Å²) >= 11 is 1.41. The first-order chi connectivity index (χ1) is 37.1. The Hall–Kier alpha value is -6.88. The minimum Gasteiger partial charge on any atom is -0.476 e. The molecule has 2 aliphatic heterocycles. The van der Waals surface area contributed by atoms with Crippen LogP contribution in [0, 0.1) is 28.6 Å². The van der Waals surface area contributed by atoms with Crippen LogP contribution >= 0.6 is 11.3 Å². The molecule has 4 fully saturated rings. The highest BCUT2D eigenvalue weighted by molar-refractivity contribution is 7.85. The number of pyridine rings is 1. The Bertz CT molecular complexity index is 3420. The molecule has 0 radical (unpaired) electrons. The van der Waals surface area contributed by atoms with Crippen LogP contribution in [0.15, 0.2) is 72.9 Å². The number of ether oxygens (including phenoxy) is 1. The summed E-state index contributed by atoms with van der Waals surface area (Å²) in [5.41, 5.74) is 4.53. The number of benzene rings is 2. The van der Waals surface area contributed by atoms with E-state index >= 15 is 0 Å². The van der Waals surface area contributed by atoms with Crippen LogP contribution in [0.1, 0.15) is 116 Å². The molecular formula is C56H63N9O11S2. The van der Waals surface area contributed by atoms with Crippen molar-refractivity contribution in [2.24, 2.45) is 21.7 Å². The van der Waals surface area contributed by atoms with E-state index in [1.54, 1.807) is 18.3 Å². The van der Waals surface area contributed by atoms with E-state index in [9.17, 15) is 46.8 Å². The number of hydrogen-bond acceptors (Lipinski definition) is 14. The van der Waals surface area contributed by atoms with Crippen molar-refractivity contribution in [3.05, 3.63) is 101 Å². The average molecular weight is 1100 g/mol. The van der Waals surface area contributed by atoms with Crippen molar-refractivity contribution >= 4 is 78.1 Å². The van der Waals surface area contributed by atoms with Crippen molar-refractivity contribution in [3.63, 3.8) is 0 Å². The van der Waals surface area contributed by atoms with Gasteiger partial charge in [0.15, 0.2) is 10.8 Å². The van der Waals surface area contributed by atoms with E-state index in [0.29, 0.717) is 73.0 Å². The van der Waals surface area contributed by atoms with Crippen LogP contribution in [0.5, 0.6) is 0 Å². The average Bonchev–Trinajstić information content (AvgIpc) is 1.73. The highest BCUT2D eigenvalue weighted by Crippen LogP contribution is 2.89. The first-order valence-electron chi connectivity index (χ1n) is 26.6. The number of amides is 5. The normalized spacial score (nSPS) is 26.0. The molecule has 0 saturated heterocycles. The van der Waals surface area contributed by atoms with Crippen molar-refractivity contribution in [3.8, 4) is 11.1 Å². The number of hydrogen-bond donors (Lipinski definition) is 5. The molecule has 78 heavy (non-hydrogen) atoms. The molecule has 22 heteroatoms. The molecule has 5 N–H and O–H groups in total. The van der Waals surface area contributed by atoms with Crippen molar-refractivity contribution in [1.82, 2.24) is 35.3 Å². The van der Waals surface area contributed by atoms with E-state index in [4.69, 9.17) is 14.8 Å². The lowest BCUT2D eigenvalue weighted by Gasteiger charge is -2.64. The molecule has 5 unspecified atom stereocenters. The summed E-state index contributed by atoms with van der Waals surface area (Å²) in [6.45, 7) is 8.62. The van der Waals surface area contributed by atoms with Gasteiger partial charge in [0.1, 0.15) is 17.6 Å². The Morgan fingerprint density at radius 3 is 2.44 bits per heavy atom. The lowest BCUT2D eigenvalue weighted by molar-refractivity contribution is -0.158.